The van der Waals surface area contributed by atoms with Gasteiger partial charge in [-0.2, -0.15) is 0 Å². The van der Waals surface area contributed by atoms with Gasteiger partial charge in [-0.05, 0) is 32.0 Å². The Hall–Kier alpha value is -0.560. The molecule has 1 aliphatic rings. The van der Waals surface area contributed by atoms with Gasteiger partial charge in [0.05, 0.1) is 0 Å². The van der Waals surface area contributed by atoms with Gasteiger partial charge >= 0.3 is 0 Å². The van der Waals surface area contributed by atoms with E-state index in [1.54, 1.807) is 0 Å². The first-order chi connectivity index (χ1) is 5.75. The third-order valence-corrected chi connectivity index (χ3v) is 2.71. The molecule has 0 N–H and O–H groups in total. The van der Waals surface area contributed by atoms with Crippen molar-refractivity contribution in [1.82, 2.24) is 4.90 Å². The molecule has 1 saturated heterocycles. The van der Waals surface area contributed by atoms with Crippen molar-refractivity contribution < 1.29 is 0 Å². The fraction of sp³-hybridized carbons (Fsp3) is 0.636. The second kappa shape index (κ2) is 4.46. The second-order valence-electron chi connectivity index (χ2n) is 3.62. The molecule has 0 spiro atoms. The Balaban J connectivity index is 2.58. The lowest BCUT2D eigenvalue weighted by Gasteiger charge is -2.25. The van der Waals surface area contributed by atoms with Gasteiger partial charge in [0.2, 0.25) is 0 Å². The van der Waals surface area contributed by atoms with Gasteiger partial charge in [-0.25, -0.2) is 0 Å². The fourth-order valence-electron chi connectivity index (χ4n) is 1.86. The van der Waals surface area contributed by atoms with Crippen LogP contribution in [0.2, 0.25) is 0 Å². The monoisotopic (exact) mass is 165 g/mol. The normalized spacial score (nSPS) is 26.2. The van der Waals surface area contributed by atoms with Crippen LogP contribution in [-0.4, -0.2) is 24.5 Å². The predicted octanol–water partition coefficient (Wildman–Crippen LogP) is 2.60. The van der Waals surface area contributed by atoms with Crippen LogP contribution >= 0.6 is 0 Å². The van der Waals surface area contributed by atoms with E-state index in [4.69, 9.17) is 0 Å². The standard InChI is InChI=1S/C11H19N/c1-4-10(2)11-8-6-5-7-9-12(11)3/h4,11H,1-2,5-9H2,3H3. The quantitative estimate of drug-likeness (QED) is 0.568. The van der Waals surface area contributed by atoms with E-state index in [0.29, 0.717) is 6.04 Å². The van der Waals surface area contributed by atoms with Crippen LogP contribution in [-0.2, 0) is 0 Å². The lowest BCUT2D eigenvalue weighted by Crippen LogP contribution is -2.31. The van der Waals surface area contributed by atoms with Crippen LogP contribution in [0.3, 0.4) is 0 Å². The average molecular weight is 165 g/mol. The van der Waals surface area contributed by atoms with Crippen LogP contribution in [0.1, 0.15) is 25.7 Å². The Kier molecular flexibility index (Phi) is 3.54. The molecular weight excluding hydrogens is 146 g/mol. The van der Waals surface area contributed by atoms with Crippen LogP contribution in [0.4, 0.5) is 0 Å². The molecule has 12 heavy (non-hydrogen) atoms. The average Bonchev–Trinajstić information content (AvgIpc) is 2.28. The largest absolute Gasteiger partial charge is 0.299 e. The summed E-state index contributed by atoms with van der Waals surface area (Å²) in [5, 5.41) is 0. The zero-order valence-electron chi connectivity index (χ0n) is 8.05. The van der Waals surface area contributed by atoms with Crippen LogP contribution in [0.25, 0.3) is 0 Å². The van der Waals surface area contributed by atoms with E-state index < -0.39 is 0 Å². The summed E-state index contributed by atoms with van der Waals surface area (Å²) in [6.07, 6.45) is 7.18. The molecular formula is C11H19N. The summed E-state index contributed by atoms with van der Waals surface area (Å²) in [5.41, 5.74) is 1.18. The topological polar surface area (TPSA) is 3.24 Å². The van der Waals surface area contributed by atoms with Crippen LogP contribution in [0.15, 0.2) is 24.8 Å². The van der Waals surface area contributed by atoms with Crippen molar-refractivity contribution in [2.24, 2.45) is 0 Å². The fourth-order valence-corrected chi connectivity index (χ4v) is 1.86. The molecule has 0 aliphatic carbocycles. The number of rotatable bonds is 2. The highest BCUT2D eigenvalue weighted by Crippen LogP contribution is 2.20. The summed E-state index contributed by atoms with van der Waals surface area (Å²) in [5.74, 6) is 0. The first-order valence-electron chi connectivity index (χ1n) is 4.77. The van der Waals surface area contributed by atoms with E-state index in [9.17, 15) is 0 Å². The molecule has 1 heteroatoms. The van der Waals surface area contributed by atoms with Gasteiger partial charge in [-0.3, -0.25) is 4.90 Å². The van der Waals surface area contributed by atoms with Crippen molar-refractivity contribution in [2.75, 3.05) is 13.6 Å². The van der Waals surface area contributed by atoms with Gasteiger partial charge in [0.25, 0.3) is 0 Å². The number of nitrogens with zero attached hydrogens (tertiary/aromatic N) is 1. The minimum Gasteiger partial charge on any atom is -0.299 e. The van der Waals surface area contributed by atoms with Crippen molar-refractivity contribution in [3.05, 3.63) is 24.8 Å². The van der Waals surface area contributed by atoms with E-state index in [1.165, 1.54) is 37.8 Å². The molecule has 0 radical (unpaired) electrons. The zero-order valence-corrected chi connectivity index (χ0v) is 8.05. The molecule has 1 unspecified atom stereocenters. The molecule has 1 fully saturated rings. The van der Waals surface area contributed by atoms with Gasteiger partial charge < -0.3 is 0 Å². The maximum atomic E-state index is 4.03. The Morgan fingerprint density at radius 1 is 1.42 bits per heavy atom. The predicted molar refractivity (Wildman–Crippen MR) is 54.2 cm³/mol. The molecule has 1 aliphatic heterocycles. The molecule has 0 aromatic carbocycles. The molecule has 0 aromatic rings. The molecule has 1 atom stereocenters. The summed E-state index contributed by atoms with van der Waals surface area (Å²) >= 11 is 0. The number of likely N-dealkylation sites (tertiary alicyclic amines) is 1. The highest BCUT2D eigenvalue weighted by atomic mass is 15.1. The first kappa shape index (κ1) is 9.53. The van der Waals surface area contributed by atoms with Crippen LogP contribution < -0.4 is 0 Å². The van der Waals surface area contributed by atoms with Gasteiger partial charge in [0, 0.05) is 6.04 Å². The molecule has 0 aromatic heterocycles. The SMILES string of the molecule is C=CC(=C)C1CCCCCN1C. The smallest absolute Gasteiger partial charge is 0.0338 e. The third kappa shape index (κ3) is 2.21. The molecule has 1 nitrogen and oxygen atoms in total. The second-order valence-corrected chi connectivity index (χ2v) is 3.62. The summed E-state index contributed by atoms with van der Waals surface area (Å²) in [6, 6.07) is 0.546. The molecule has 0 bridgehead atoms. The lowest BCUT2D eigenvalue weighted by atomic mass is 10.0. The van der Waals surface area contributed by atoms with Crippen molar-refractivity contribution in [1.29, 1.82) is 0 Å². The molecule has 0 saturated carbocycles. The van der Waals surface area contributed by atoms with Crippen molar-refractivity contribution >= 4 is 0 Å². The van der Waals surface area contributed by atoms with Crippen molar-refractivity contribution in [3.8, 4) is 0 Å². The summed E-state index contributed by atoms with van der Waals surface area (Å²) in [6.45, 7) is 9.01. The highest BCUT2D eigenvalue weighted by molar-refractivity contribution is 5.18. The Morgan fingerprint density at radius 3 is 2.83 bits per heavy atom. The maximum absolute atomic E-state index is 4.03. The summed E-state index contributed by atoms with van der Waals surface area (Å²) in [7, 11) is 2.19. The summed E-state index contributed by atoms with van der Waals surface area (Å²) in [4.78, 5) is 2.40. The Labute approximate surface area is 75.8 Å². The highest BCUT2D eigenvalue weighted by Gasteiger charge is 2.17. The zero-order chi connectivity index (χ0) is 8.97. The number of hydrogen-bond donors (Lipinski definition) is 0. The van der Waals surface area contributed by atoms with E-state index >= 15 is 0 Å². The van der Waals surface area contributed by atoms with E-state index in [-0.39, 0.29) is 0 Å². The molecule has 1 heterocycles. The molecule has 1 rings (SSSR count). The van der Waals surface area contributed by atoms with E-state index in [0.717, 1.165) is 0 Å². The minimum absolute atomic E-state index is 0.546. The Bertz CT molecular complexity index is 172. The van der Waals surface area contributed by atoms with E-state index in [2.05, 4.69) is 25.1 Å². The Morgan fingerprint density at radius 2 is 2.17 bits per heavy atom. The maximum Gasteiger partial charge on any atom is 0.0338 e. The molecule has 0 amide bonds. The lowest BCUT2D eigenvalue weighted by molar-refractivity contribution is 0.282. The third-order valence-electron chi connectivity index (χ3n) is 2.71. The van der Waals surface area contributed by atoms with Crippen molar-refractivity contribution in [3.63, 3.8) is 0 Å². The first-order valence-corrected chi connectivity index (χ1v) is 4.77. The van der Waals surface area contributed by atoms with E-state index in [1.807, 2.05) is 6.08 Å². The number of hydrogen-bond acceptors (Lipinski definition) is 1. The van der Waals surface area contributed by atoms with Gasteiger partial charge in [-0.15, -0.1) is 0 Å². The van der Waals surface area contributed by atoms with Crippen LogP contribution in [0, 0.1) is 0 Å². The van der Waals surface area contributed by atoms with Crippen LogP contribution in [0.5, 0.6) is 0 Å². The number of likely N-dealkylation sites (N-methyl/N-ethyl adjacent to an activating group) is 1. The minimum atomic E-state index is 0.546. The van der Waals surface area contributed by atoms with Gasteiger partial charge in [0.15, 0.2) is 0 Å². The van der Waals surface area contributed by atoms with Crippen molar-refractivity contribution in [2.45, 2.75) is 31.7 Å². The van der Waals surface area contributed by atoms with Gasteiger partial charge in [0.1, 0.15) is 0 Å². The molecule has 68 valence electrons. The summed E-state index contributed by atoms with van der Waals surface area (Å²) < 4.78 is 0. The van der Waals surface area contributed by atoms with Gasteiger partial charge in [-0.1, -0.05) is 32.1 Å².